The SMILES string of the molecule is CC1=CCC2N=C(N3CCSc4ccccc4C3)C=C(N3CCC(N)C3)C2=C1. The van der Waals surface area contributed by atoms with Crippen molar-refractivity contribution in [2.24, 2.45) is 10.7 Å². The second-order valence-corrected chi connectivity index (χ2v) is 9.33. The average Bonchev–Trinajstić information content (AvgIpc) is 3.01. The zero-order valence-electron chi connectivity index (χ0n) is 16.5. The van der Waals surface area contributed by atoms with Gasteiger partial charge in [0.25, 0.3) is 0 Å². The number of benzene rings is 1. The molecule has 2 N–H and O–H groups in total. The molecule has 0 bridgehead atoms. The van der Waals surface area contributed by atoms with Crippen LogP contribution in [0.15, 0.2) is 69.2 Å². The van der Waals surface area contributed by atoms with Crippen LogP contribution in [0.1, 0.15) is 25.3 Å². The molecule has 1 aromatic rings. The molecule has 3 heterocycles. The van der Waals surface area contributed by atoms with Gasteiger partial charge < -0.3 is 15.5 Å². The van der Waals surface area contributed by atoms with Gasteiger partial charge in [0, 0.05) is 60.2 Å². The van der Waals surface area contributed by atoms with Crippen molar-refractivity contribution in [3.63, 3.8) is 0 Å². The number of nitrogens with zero attached hydrogens (tertiary/aromatic N) is 3. The van der Waals surface area contributed by atoms with Crippen LogP contribution >= 0.6 is 11.8 Å². The summed E-state index contributed by atoms with van der Waals surface area (Å²) in [7, 11) is 0. The molecule has 1 saturated heterocycles. The van der Waals surface area contributed by atoms with Crippen molar-refractivity contribution in [2.45, 2.75) is 43.3 Å². The van der Waals surface area contributed by atoms with Gasteiger partial charge >= 0.3 is 0 Å². The third-order valence-corrected chi connectivity index (χ3v) is 7.19. The molecule has 5 rings (SSSR count). The highest BCUT2D eigenvalue weighted by Crippen LogP contribution is 2.35. The fourth-order valence-corrected chi connectivity index (χ4v) is 5.59. The van der Waals surface area contributed by atoms with Gasteiger partial charge in [0.15, 0.2) is 0 Å². The Morgan fingerprint density at radius 2 is 2.04 bits per heavy atom. The number of allylic oxidation sites excluding steroid dienone is 2. The Balaban J connectivity index is 1.49. The summed E-state index contributed by atoms with van der Waals surface area (Å²) in [4.78, 5) is 11.6. The van der Waals surface area contributed by atoms with Crippen molar-refractivity contribution in [3.05, 3.63) is 64.9 Å². The van der Waals surface area contributed by atoms with Gasteiger partial charge in [0.05, 0.1) is 6.04 Å². The second-order valence-electron chi connectivity index (χ2n) is 8.19. The molecule has 5 heteroatoms. The van der Waals surface area contributed by atoms with Gasteiger partial charge in [0.1, 0.15) is 5.84 Å². The van der Waals surface area contributed by atoms with Crippen LogP contribution in [-0.4, -0.2) is 53.1 Å². The number of hydrogen-bond donors (Lipinski definition) is 1. The summed E-state index contributed by atoms with van der Waals surface area (Å²) in [5.41, 5.74) is 11.7. The van der Waals surface area contributed by atoms with Crippen LogP contribution in [0.25, 0.3) is 0 Å². The van der Waals surface area contributed by atoms with Crippen LogP contribution in [0.4, 0.5) is 0 Å². The number of hydrogen-bond acceptors (Lipinski definition) is 5. The molecule has 1 fully saturated rings. The molecule has 4 aliphatic rings. The van der Waals surface area contributed by atoms with Crippen LogP contribution in [0.2, 0.25) is 0 Å². The molecule has 0 spiro atoms. The number of aliphatic imine (C=N–C) groups is 1. The minimum absolute atomic E-state index is 0.238. The van der Waals surface area contributed by atoms with Crippen LogP contribution in [0.5, 0.6) is 0 Å². The molecule has 146 valence electrons. The van der Waals surface area contributed by atoms with Crippen molar-refractivity contribution >= 4 is 17.6 Å². The van der Waals surface area contributed by atoms with Crippen LogP contribution < -0.4 is 5.73 Å². The van der Waals surface area contributed by atoms with E-state index in [0.717, 1.165) is 50.6 Å². The van der Waals surface area contributed by atoms with Crippen molar-refractivity contribution in [2.75, 3.05) is 25.4 Å². The highest BCUT2D eigenvalue weighted by Gasteiger charge is 2.32. The van der Waals surface area contributed by atoms with Crippen molar-refractivity contribution in [1.29, 1.82) is 0 Å². The van der Waals surface area contributed by atoms with Gasteiger partial charge in [-0.3, -0.25) is 4.99 Å². The molecule has 2 unspecified atom stereocenters. The molecule has 4 nitrogen and oxygen atoms in total. The fraction of sp³-hybridized carbons (Fsp3) is 0.435. The Morgan fingerprint density at radius 3 is 2.89 bits per heavy atom. The van der Waals surface area contributed by atoms with E-state index >= 15 is 0 Å². The number of thioether (sulfide) groups is 1. The lowest BCUT2D eigenvalue weighted by Crippen LogP contribution is -2.38. The summed E-state index contributed by atoms with van der Waals surface area (Å²) in [6.07, 6.45) is 9.05. The Labute approximate surface area is 171 Å². The lowest BCUT2D eigenvalue weighted by atomic mass is 9.90. The zero-order chi connectivity index (χ0) is 19.1. The maximum atomic E-state index is 6.24. The first-order chi connectivity index (χ1) is 13.7. The van der Waals surface area contributed by atoms with Crippen molar-refractivity contribution < 1.29 is 0 Å². The van der Waals surface area contributed by atoms with Gasteiger partial charge in [-0.15, -0.1) is 11.8 Å². The van der Waals surface area contributed by atoms with Gasteiger partial charge in [-0.1, -0.05) is 35.9 Å². The number of dihydropyridines is 1. The largest absolute Gasteiger partial charge is 0.370 e. The first-order valence-corrected chi connectivity index (χ1v) is 11.3. The zero-order valence-corrected chi connectivity index (χ0v) is 17.3. The highest BCUT2D eigenvalue weighted by molar-refractivity contribution is 7.99. The second kappa shape index (κ2) is 7.45. The lowest BCUT2D eigenvalue weighted by molar-refractivity contribution is 0.406. The summed E-state index contributed by atoms with van der Waals surface area (Å²) in [5, 5.41) is 0. The minimum Gasteiger partial charge on any atom is -0.370 e. The molecule has 1 aromatic carbocycles. The lowest BCUT2D eigenvalue weighted by Gasteiger charge is -2.35. The van der Waals surface area contributed by atoms with E-state index in [2.05, 4.69) is 59.2 Å². The predicted molar refractivity (Wildman–Crippen MR) is 118 cm³/mol. The third kappa shape index (κ3) is 3.42. The Kier molecular flexibility index (Phi) is 4.81. The highest BCUT2D eigenvalue weighted by atomic mass is 32.2. The van der Waals surface area contributed by atoms with Gasteiger partial charge in [-0.05, 0) is 31.4 Å². The normalized spacial score (nSPS) is 27.2. The Bertz CT molecular complexity index is 898. The number of fused-ring (bicyclic) bond motifs is 2. The van der Waals surface area contributed by atoms with E-state index in [1.165, 1.54) is 27.3 Å². The van der Waals surface area contributed by atoms with Crippen LogP contribution in [-0.2, 0) is 6.54 Å². The molecular weight excluding hydrogens is 364 g/mol. The van der Waals surface area contributed by atoms with Crippen molar-refractivity contribution in [1.82, 2.24) is 9.80 Å². The van der Waals surface area contributed by atoms with Crippen molar-refractivity contribution in [3.8, 4) is 0 Å². The van der Waals surface area contributed by atoms with Crippen LogP contribution in [0, 0.1) is 0 Å². The fourth-order valence-electron chi connectivity index (χ4n) is 4.57. The quantitative estimate of drug-likeness (QED) is 0.794. The molecule has 0 amide bonds. The Morgan fingerprint density at radius 1 is 1.14 bits per heavy atom. The summed E-state index contributed by atoms with van der Waals surface area (Å²) in [6, 6.07) is 9.31. The maximum Gasteiger partial charge on any atom is 0.126 e. The molecule has 0 radical (unpaired) electrons. The van der Waals surface area contributed by atoms with E-state index in [-0.39, 0.29) is 12.1 Å². The smallest absolute Gasteiger partial charge is 0.126 e. The van der Waals surface area contributed by atoms with E-state index < -0.39 is 0 Å². The van der Waals surface area contributed by atoms with Crippen LogP contribution in [0.3, 0.4) is 0 Å². The van der Waals surface area contributed by atoms with Gasteiger partial charge in [0.2, 0.25) is 0 Å². The molecule has 1 aliphatic carbocycles. The first kappa shape index (κ1) is 18.1. The number of amidine groups is 1. The molecule has 2 atom stereocenters. The summed E-state index contributed by atoms with van der Waals surface area (Å²) < 4.78 is 0. The number of nitrogens with two attached hydrogens (primary N) is 1. The van der Waals surface area contributed by atoms with Gasteiger partial charge in [-0.25, -0.2) is 0 Å². The topological polar surface area (TPSA) is 44.9 Å². The van der Waals surface area contributed by atoms with E-state index in [1.807, 2.05) is 11.8 Å². The molecule has 0 aromatic heterocycles. The first-order valence-electron chi connectivity index (χ1n) is 10.3. The van der Waals surface area contributed by atoms with E-state index in [0.29, 0.717) is 0 Å². The van der Waals surface area contributed by atoms with Gasteiger partial charge in [-0.2, -0.15) is 0 Å². The number of rotatable bonds is 1. The number of likely N-dealkylation sites (tertiary alicyclic amines) is 1. The van der Waals surface area contributed by atoms with E-state index in [4.69, 9.17) is 10.7 Å². The van der Waals surface area contributed by atoms with E-state index in [9.17, 15) is 0 Å². The van der Waals surface area contributed by atoms with E-state index in [1.54, 1.807) is 0 Å². The summed E-state index contributed by atoms with van der Waals surface area (Å²) in [6.45, 7) is 6.16. The standard InChI is InChI=1S/C23H28N4S/c1-16-6-7-20-19(12-16)21(26-9-8-18(24)15-26)13-23(25-20)27-10-11-28-22-5-3-2-4-17(22)14-27/h2-6,12-13,18,20H,7-11,14-15,24H2,1H3. The predicted octanol–water partition coefficient (Wildman–Crippen LogP) is 3.57. The molecule has 0 saturated carbocycles. The average molecular weight is 393 g/mol. The third-order valence-electron chi connectivity index (χ3n) is 6.10. The summed E-state index contributed by atoms with van der Waals surface area (Å²) >= 11 is 1.96. The monoisotopic (exact) mass is 392 g/mol. The molecule has 28 heavy (non-hydrogen) atoms. The maximum absolute atomic E-state index is 6.24. The molecule has 3 aliphatic heterocycles. The molecular formula is C23H28N4S. The summed E-state index contributed by atoms with van der Waals surface area (Å²) in [5.74, 6) is 2.24. The Hall–Kier alpha value is -1.98. The minimum atomic E-state index is 0.238.